The number of rotatable bonds is 2. The molecule has 4 rings (SSSR count). The van der Waals surface area contributed by atoms with Crippen LogP contribution in [0, 0.1) is 11.6 Å². The maximum Gasteiger partial charge on any atom is 0.258 e. The first-order valence-electron chi connectivity index (χ1n) is 8.24. The summed E-state index contributed by atoms with van der Waals surface area (Å²) >= 11 is 5.99. The third-order valence-corrected chi connectivity index (χ3v) is 4.98. The minimum absolute atomic E-state index is 0.0893. The summed E-state index contributed by atoms with van der Waals surface area (Å²) < 4.78 is 27.3. The first kappa shape index (κ1) is 16.8. The highest BCUT2D eigenvalue weighted by Gasteiger charge is 2.24. The largest absolute Gasteiger partial charge is 0.360 e. The molecule has 0 saturated carbocycles. The molecule has 2 heterocycles. The Labute approximate surface area is 153 Å². The fourth-order valence-electron chi connectivity index (χ4n) is 3.32. The maximum absolute atomic E-state index is 14.0. The lowest BCUT2D eigenvalue weighted by atomic mass is 9.98. The fourth-order valence-corrected chi connectivity index (χ4v) is 3.57. The highest BCUT2D eigenvalue weighted by molar-refractivity contribution is 6.33. The van der Waals surface area contributed by atoms with Crippen LogP contribution in [-0.2, 0) is 0 Å². The SMILES string of the molecule is O=C(c1c(F)cccc1Cl)N1CC=C(c2c[nH]c3cc(F)ccc23)CC1. The van der Waals surface area contributed by atoms with Crippen LogP contribution in [0.2, 0.25) is 5.02 Å². The number of carbonyl (C=O) groups excluding carboxylic acids is 1. The summed E-state index contributed by atoms with van der Waals surface area (Å²) in [6, 6.07) is 8.84. The summed E-state index contributed by atoms with van der Waals surface area (Å²) in [7, 11) is 0. The molecule has 1 aromatic heterocycles. The Morgan fingerprint density at radius 3 is 2.77 bits per heavy atom. The maximum atomic E-state index is 14.0. The Kier molecular flexibility index (Phi) is 4.24. The van der Waals surface area contributed by atoms with Crippen molar-refractivity contribution in [1.82, 2.24) is 9.88 Å². The zero-order valence-corrected chi connectivity index (χ0v) is 14.5. The quantitative estimate of drug-likeness (QED) is 0.673. The van der Waals surface area contributed by atoms with E-state index >= 15 is 0 Å². The molecule has 0 aliphatic carbocycles. The summed E-state index contributed by atoms with van der Waals surface area (Å²) in [5.74, 6) is -1.32. The third kappa shape index (κ3) is 2.88. The van der Waals surface area contributed by atoms with Crippen molar-refractivity contribution in [3.8, 4) is 0 Å². The zero-order valence-electron chi connectivity index (χ0n) is 13.7. The summed E-state index contributed by atoms with van der Waals surface area (Å²) in [5, 5.41) is 1.05. The van der Waals surface area contributed by atoms with Crippen LogP contribution in [0.1, 0.15) is 22.3 Å². The van der Waals surface area contributed by atoms with Gasteiger partial charge in [0.1, 0.15) is 11.6 Å². The molecule has 3 aromatic rings. The Hall–Kier alpha value is -2.66. The number of carbonyl (C=O) groups is 1. The molecule has 0 spiro atoms. The first-order valence-corrected chi connectivity index (χ1v) is 8.61. The van der Waals surface area contributed by atoms with Crippen LogP contribution in [-0.4, -0.2) is 28.9 Å². The van der Waals surface area contributed by atoms with Crippen molar-refractivity contribution in [3.05, 3.63) is 76.5 Å². The Balaban J connectivity index is 1.59. The second kappa shape index (κ2) is 6.57. The lowest BCUT2D eigenvalue weighted by Gasteiger charge is -2.27. The first-order chi connectivity index (χ1) is 12.5. The molecule has 2 aromatic carbocycles. The average molecular weight is 373 g/mol. The van der Waals surface area contributed by atoms with Crippen LogP contribution >= 0.6 is 11.6 Å². The van der Waals surface area contributed by atoms with Gasteiger partial charge in [0.05, 0.1) is 10.6 Å². The molecular weight excluding hydrogens is 358 g/mol. The molecular formula is C20H15ClF2N2O. The Morgan fingerprint density at radius 1 is 1.19 bits per heavy atom. The van der Waals surface area contributed by atoms with Crippen molar-refractivity contribution in [2.45, 2.75) is 6.42 Å². The minimum Gasteiger partial charge on any atom is -0.360 e. The van der Waals surface area contributed by atoms with Gasteiger partial charge in [0.2, 0.25) is 0 Å². The average Bonchev–Trinajstić information content (AvgIpc) is 3.04. The summed E-state index contributed by atoms with van der Waals surface area (Å²) in [5.41, 5.74) is 2.72. The molecule has 3 nitrogen and oxygen atoms in total. The number of benzene rings is 2. The van der Waals surface area contributed by atoms with Gasteiger partial charge in [-0.3, -0.25) is 4.79 Å². The minimum atomic E-state index is -0.615. The molecule has 6 heteroatoms. The normalized spacial score (nSPS) is 14.6. The van der Waals surface area contributed by atoms with E-state index in [4.69, 9.17) is 11.6 Å². The summed E-state index contributed by atoms with van der Waals surface area (Å²) in [6.07, 6.45) is 4.42. The number of H-pyrrole nitrogens is 1. The van der Waals surface area contributed by atoms with Crippen LogP contribution in [0.4, 0.5) is 8.78 Å². The van der Waals surface area contributed by atoms with Crippen molar-refractivity contribution < 1.29 is 13.6 Å². The number of fused-ring (bicyclic) bond motifs is 1. The molecule has 0 fully saturated rings. The van der Waals surface area contributed by atoms with Gasteiger partial charge < -0.3 is 9.88 Å². The zero-order chi connectivity index (χ0) is 18.3. The van der Waals surface area contributed by atoms with Gasteiger partial charge in [0, 0.05) is 35.8 Å². The molecule has 0 unspecified atom stereocenters. The van der Waals surface area contributed by atoms with E-state index < -0.39 is 11.7 Å². The molecule has 1 aliphatic heterocycles. The highest BCUT2D eigenvalue weighted by atomic mass is 35.5. The number of nitrogens with zero attached hydrogens (tertiary/aromatic N) is 1. The van der Waals surface area contributed by atoms with Gasteiger partial charge in [-0.05, 0) is 42.3 Å². The van der Waals surface area contributed by atoms with Gasteiger partial charge >= 0.3 is 0 Å². The summed E-state index contributed by atoms with van der Waals surface area (Å²) in [4.78, 5) is 17.3. The molecule has 1 amide bonds. The highest BCUT2D eigenvalue weighted by Crippen LogP contribution is 2.30. The van der Waals surface area contributed by atoms with Gasteiger partial charge in [-0.2, -0.15) is 0 Å². The van der Waals surface area contributed by atoms with Crippen LogP contribution in [0.25, 0.3) is 16.5 Å². The molecule has 0 bridgehead atoms. The fraction of sp³-hybridized carbons (Fsp3) is 0.150. The van der Waals surface area contributed by atoms with Gasteiger partial charge in [-0.15, -0.1) is 0 Å². The lowest BCUT2D eigenvalue weighted by molar-refractivity contribution is 0.0768. The monoisotopic (exact) mass is 372 g/mol. The second-order valence-corrected chi connectivity index (χ2v) is 6.63. The van der Waals surface area contributed by atoms with Crippen LogP contribution in [0.5, 0.6) is 0 Å². The van der Waals surface area contributed by atoms with E-state index in [1.54, 1.807) is 11.0 Å². The predicted molar refractivity (Wildman–Crippen MR) is 98.2 cm³/mol. The number of aromatic nitrogens is 1. The molecule has 0 saturated heterocycles. The van der Waals surface area contributed by atoms with Gasteiger partial charge in [-0.25, -0.2) is 8.78 Å². The van der Waals surface area contributed by atoms with E-state index in [-0.39, 0.29) is 16.4 Å². The molecule has 1 aliphatic rings. The van der Waals surface area contributed by atoms with Crippen molar-refractivity contribution in [2.75, 3.05) is 13.1 Å². The van der Waals surface area contributed by atoms with E-state index in [2.05, 4.69) is 4.98 Å². The number of aromatic amines is 1. The topological polar surface area (TPSA) is 36.1 Å². The molecule has 0 radical (unpaired) electrons. The van der Waals surface area contributed by atoms with Crippen LogP contribution < -0.4 is 0 Å². The van der Waals surface area contributed by atoms with Gasteiger partial charge in [0.25, 0.3) is 5.91 Å². The number of amides is 1. The number of hydrogen-bond donors (Lipinski definition) is 1. The number of hydrogen-bond acceptors (Lipinski definition) is 1. The van der Waals surface area contributed by atoms with E-state index in [0.717, 1.165) is 22.0 Å². The third-order valence-electron chi connectivity index (χ3n) is 4.66. The van der Waals surface area contributed by atoms with E-state index in [9.17, 15) is 13.6 Å². The second-order valence-electron chi connectivity index (χ2n) is 6.22. The lowest BCUT2D eigenvalue weighted by Crippen LogP contribution is -2.35. The van der Waals surface area contributed by atoms with Crippen LogP contribution in [0.15, 0.2) is 48.7 Å². The Bertz CT molecular complexity index is 1020. The standard InChI is InChI=1S/C20H15ClF2N2O/c21-16-2-1-3-17(23)19(16)20(26)25-8-6-12(7-9-25)15-11-24-18-10-13(22)4-5-14(15)18/h1-6,10-11,24H,7-9H2. The van der Waals surface area contributed by atoms with Crippen molar-refractivity contribution in [2.24, 2.45) is 0 Å². The van der Waals surface area contributed by atoms with E-state index in [0.29, 0.717) is 19.5 Å². The molecule has 1 N–H and O–H groups in total. The molecule has 26 heavy (non-hydrogen) atoms. The predicted octanol–water partition coefficient (Wildman–Crippen LogP) is 5.03. The molecule has 132 valence electrons. The number of halogens is 3. The van der Waals surface area contributed by atoms with Gasteiger partial charge in [0.15, 0.2) is 0 Å². The van der Waals surface area contributed by atoms with E-state index in [1.165, 1.54) is 30.3 Å². The Morgan fingerprint density at radius 2 is 2.04 bits per heavy atom. The van der Waals surface area contributed by atoms with Crippen LogP contribution in [0.3, 0.4) is 0 Å². The van der Waals surface area contributed by atoms with Crippen molar-refractivity contribution in [1.29, 1.82) is 0 Å². The van der Waals surface area contributed by atoms with Crippen molar-refractivity contribution in [3.63, 3.8) is 0 Å². The van der Waals surface area contributed by atoms with Gasteiger partial charge in [-0.1, -0.05) is 23.7 Å². The van der Waals surface area contributed by atoms with E-state index in [1.807, 2.05) is 12.3 Å². The smallest absolute Gasteiger partial charge is 0.258 e. The summed E-state index contributed by atoms with van der Waals surface area (Å²) in [6.45, 7) is 0.829. The molecule has 0 atom stereocenters. The van der Waals surface area contributed by atoms with Crippen molar-refractivity contribution >= 4 is 34.0 Å². The number of nitrogens with one attached hydrogen (secondary N) is 1.